The molecule has 142 valence electrons. The predicted octanol–water partition coefficient (Wildman–Crippen LogP) is 4.39. The zero-order valence-electron chi connectivity index (χ0n) is 15.8. The molecule has 0 aliphatic carbocycles. The molecule has 1 saturated heterocycles. The van der Waals surface area contributed by atoms with Crippen molar-refractivity contribution in [3.05, 3.63) is 52.2 Å². The van der Waals surface area contributed by atoms with Crippen LogP contribution in [-0.2, 0) is 6.54 Å². The highest BCUT2D eigenvalue weighted by Gasteiger charge is 2.20. The standard InChI is InChI=1S/C21H25ClN4O/c1-3-27-20-12-16(5-7-19(20)22)14-26-10-8-18(9-11-26)25-21-17(13-23)6-4-15(2)24-21/h4-7,12,18H,3,8-11,14H2,1-2H3,(H,24,25). The molecular formula is C21H25ClN4O. The Kier molecular flexibility index (Phi) is 6.54. The third-order valence-electron chi connectivity index (χ3n) is 4.78. The van der Waals surface area contributed by atoms with E-state index < -0.39 is 0 Å². The van der Waals surface area contributed by atoms with Crippen molar-refractivity contribution in [3.8, 4) is 11.8 Å². The van der Waals surface area contributed by atoms with E-state index in [2.05, 4.69) is 27.3 Å². The topological polar surface area (TPSA) is 61.2 Å². The molecule has 1 N–H and O–H groups in total. The molecule has 5 nitrogen and oxygen atoms in total. The molecule has 1 aliphatic heterocycles. The highest BCUT2D eigenvalue weighted by Crippen LogP contribution is 2.27. The maximum absolute atomic E-state index is 9.27. The molecule has 0 saturated carbocycles. The van der Waals surface area contributed by atoms with Crippen LogP contribution >= 0.6 is 11.6 Å². The van der Waals surface area contributed by atoms with Gasteiger partial charge in [0.15, 0.2) is 0 Å². The van der Waals surface area contributed by atoms with Crippen LogP contribution in [0.2, 0.25) is 5.02 Å². The fourth-order valence-electron chi connectivity index (χ4n) is 3.36. The lowest BCUT2D eigenvalue weighted by atomic mass is 10.0. The Morgan fingerprint density at radius 1 is 1.30 bits per heavy atom. The van der Waals surface area contributed by atoms with Gasteiger partial charge in [-0.1, -0.05) is 17.7 Å². The fraction of sp³-hybridized carbons (Fsp3) is 0.429. The zero-order chi connectivity index (χ0) is 19.2. The van der Waals surface area contributed by atoms with Crippen LogP contribution < -0.4 is 10.1 Å². The Balaban J connectivity index is 1.56. The number of hydrogen-bond acceptors (Lipinski definition) is 5. The summed E-state index contributed by atoms with van der Waals surface area (Å²) in [6, 6.07) is 12.3. The molecule has 1 aliphatic rings. The van der Waals surface area contributed by atoms with Gasteiger partial charge in [0.2, 0.25) is 0 Å². The van der Waals surface area contributed by atoms with Crippen LogP contribution in [-0.4, -0.2) is 35.6 Å². The van der Waals surface area contributed by atoms with Crippen LogP contribution in [0.1, 0.15) is 36.6 Å². The Hall–Kier alpha value is -2.29. The summed E-state index contributed by atoms with van der Waals surface area (Å²) in [6.45, 7) is 7.39. The molecule has 0 bridgehead atoms. The minimum absolute atomic E-state index is 0.340. The molecule has 0 spiro atoms. The van der Waals surface area contributed by atoms with Crippen LogP contribution in [0.3, 0.4) is 0 Å². The second kappa shape index (κ2) is 9.07. The quantitative estimate of drug-likeness (QED) is 0.800. The maximum Gasteiger partial charge on any atom is 0.144 e. The van der Waals surface area contributed by atoms with Crippen LogP contribution in [0.5, 0.6) is 5.75 Å². The number of hydrogen-bond donors (Lipinski definition) is 1. The lowest BCUT2D eigenvalue weighted by Crippen LogP contribution is -2.39. The number of aryl methyl sites for hydroxylation is 1. The van der Waals surface area contributed by atoms with Gasteiger partial charge in [0.05, 0.1) is 17.2 Å². The Morgan fingerprint density at radius 3 is 2.78 bits per heavy atom. The molecular weight excluding hydrogens is 360 g/mol. The zero-order valence-corrected chi connectivity index (χ0v) is 16.6. The van der Waals surface area contributed by atoms with Crippen molar-refractivity contribution in [3.63, 3.8) is 0 Å². The van der Waals surface area contributed by atoms with Crippen LogP contribution in [0.4, 0.5) is 5.82 Å². The number of nitriles is 1. The van der Waals surface area contributed by atoms with E-state index in [1.54, 1.807) is 0 Å². The number of likely N-dealkylation sites (tertiary alicyclic amines) is 1. The molecule has 2 heterocycles. The highest BCUT2D eigenvalue weighted by molar-refractivity contribution is 6.32. The largest absolute Gasteiger partial charge is 0.492 e. The molecule has 0 radical (unpaired) electrons. The van der Waals surface area contributed by atoms with Crippen molar-refractivity contribution in [2.45, 2.75) is 39.3 Å². The van der Waals surface area contributed by atoms with Crippen molar-refractivity contribution < 1.29 is 4.74 Å². The molecule has 3 rings (SSSR count). The first-order valence-electron chi connectivity index (χ1n) is 9.37. The molecule has 0 unspecified atom stereocenters. The van der Waals surface area contributed by atoms with Gasteiger partial charge in [-0.15, -0.1) is 0 Å². The van der Waals surface area contributed by atoms with Crippen molar-refractivity contribution >= 4 is 17.4 Å². The highest BCUT2D eigenvalue weighted by atomic mass is 35.5. The number of piperidine rings is 1. The Labute approximate surface area is 165 Å². The Morgan fingerprint density at radius 2 is 2.07 bits per heavy atom. The summed E-state index contributed by atoms with van der Waals surface area (Å²) < 4.78 is 5.59. The number of aromatic nitrogens is 1. The number of anilines is 1. The SMILES string of the molecule is CCOc1cc(CN2CCC(Nc3nc(C)ccc3C#N)CC2)ccc1Cl. The van der Waals surface area contributed by atoms with Gasteiger partial charge in [-0.2, -0.15) is 5.26 Å². The number of nitrogens with one attached hydrogen (secondary N) is 1. The third kappa shape index (κ3) is 5.12. The first-order valence-corrected chi connectivity index (χ1v) is 9.74. The Bertz CT molecular complexity index is 825. The summed E-state index contributed by atoms with van der Waals surface area (Å²) in [5.74, 6) is 1.46. The summed E-state index contributed by atoms with van der Waals surface area (Å²) in [4.78, 5) is 6.92. The summed E-state index contributed by atoms with van der Waals surface area (Å²) in [5, 5.41) is 13.4. The van der Waals surface area contributed by atoms with E-state index in [9.17, 15) is 5.26 Å². The summed E-state index contributed by atoms with van der Waals surface area (Å²) in [7, 11) is 0. The second-order valence-corrected chi connectivity index (χ2v) is 7.26. The molecule has 0 amide bonds. The lowest BCUT2D eigenvalue weighted by molar-refractivity contribution is 0.211. The average Bonchev–Trinajstić information content (AvgIpc) is 2.66. The van der Waals surface area contributed by atoms with Crippen LogP contribution in [0.25, 0.3) is 0 Å². The van der Waals surface area contributed by atoms with Gasteiger partial charge in [0.1, 0.15) is 17.6 Å². The van der Waals surface area contributed by atoms with Gasteiger partial charge in [-0.25, -0.2) is 4.98 Å². The van der Waals surface area contributed by atoms with E-state index in [0.717, 1.165) is 43.9 Å². The monoisotopic (exact) mass is 384 g/mol. The average molecular weight is 385 g/mol. The second-order valence-electron chi connectivity index (χ2n) is 6.85. The molecule has 6 heteroatoms. The van der Waals surface area contributed by atoms with E-state index in [4.69, 9.17) is 16.3 Å². The number of ether oxygens (including phenoxy) is 1. The number of halogens is 1. The van der Waals surface area contributed by atoms with Gasteiger partial charge >= 0.3 is 0 Å². The van der Waals surface area contributed by atoms with Crippen LogP contribution in [0, 0.1) is 18.3 Å². The molecule has 2 aromatic rings. The minimum Gasteiger partial charge on any atom is -0.492 e. The summed E-state index contributed by atoms with van der Waals surface area (Å²) in [5.41, 5.74) is 2.73. The molecule has 1 aromatic heterocycles. The van der Waals surface area contributed by atoms with E-state index in [1.165, 1.54) is 5.56 Å². The van der Waals surface area contributed by atoms with E-state index in [0.29, 0.717) is 29.1 Å². The lowest BCUT2D eigenvalue weighted by Gasteiger charge is -2.32. The van der Waals surface area contributed by atoms with Crippen molar-refractivity contribution in [1.29, 1.82) is 5.26 Å². The molecule has 1 aromatic carbocycles. The first kappa shape index (κ1) is 19.5. The van der Waals surface area contributed by atoms with Crippen molar-refractivity contribution in [2.24, 2.45) is 0 Å². The van der Waals surface area contributed by atoms with E-state index >= 15 is 0 Å². The normalized spacial score (nSPS) is 15.3. The van der Waals surface area contributed by atoms with Gasteiger partial charge in [-0.05, 0) is 56.5 Å². The van der Waals surface area contributed by atoms with Crippen molar-refractivity contribution in [1.82, 2.24) is 9.88 Å². The van der Waals surface area contributed by atoms with Crippen molar-refractivity contribution in [2.75, 3.05) is 25.0 Å². The van der Waals surface area contributed by atoms with Crippen LogP contribution in [0.15, 0.2) is 30.3 Å². The smallest absolute Gasteiger partial charge is 0.144 e. The third-order valence-corrected chi connectivity index (χ3v) is 5.10. The van der Waals surface area contributed by atoms with Gasteiger partial charge in [-0.3, -0.25) is 4.90 Å². The first-order chi connectivity index (χ1) is 13.1. The van der Waals surface area contributed by atoms with E-state index in [-0.39, 0.29) is 0 Å². The summed E-state index contributed by atoms with van der Waals surface area (Å²) >= 11 is 6.17. The van der Waals surface area contributed by atoms with E-state index in [1.807, 2.05) is 38.1 Å². The molecule has 27 heavy (non-hydrogen) atoms. The fourth-order valence-corrected chi connectivity index (χ4v) is 3.53. The number of benzene rings is 1. The van der Waals surface area contributed by atoms with Gasteiger partial charge in [0, 0.05) is 31.4 Å². The van der Waals surface area contributed by atoms with Gasteiger partial charge < -0.3 is 10.1 Å². The molecule has 0 atom stereocenters. The minimum atomic E-state index is 0.340. The number of rotatable bonds is 6. The summed E-state index contributed by atoms with van der Waals surface area (Å²) in [6.07, 6.45) is 2.04. The number of pyridine rings is 1. The van der Waals surface area contributed by atoms with Gasteiger partial charge in [0.25, 0.3) is 0 Å². The molecule has 1 fully saturated rings. The number of nitrogens with zero attached hydrogens (tertiary/aromatic N) is 3. The maximum atomic E-state index is 9.27. The predicted molar refractivity (Wildman–Crippen MR) is 108 cm³/mol.